The number of pyridine rings is 2. The summed E-state index contributed by atoms with van der Waals surface area (Å²) in [5.41, 5.74) is 9.75. The van der Waals surface area contributed by atoms with Crippen molar-refractivity contribution in [2.45, 2.75) is 0 Å². The molecule has 0 saturated carbocycles. The van der Waals surface area contributed by atoms with E-state index in [1.54, 1.807) is 0 Å². The van der Waals surface area contributed by atoms with E-state index in [-0.39, 0.29) is 0 Å². The van der Waals surface area contributed by atoms with Gasteiger partial charge in [-0.1, -0.05) is 152 Å². The van der Waals surface area contributed by atoms with Gasteiger partial charge in [0, 0.05) is 39.2 Å². The highest BCUT2D eigenvalue weighted by Crippen LogP contribution is 2.33. The third-order valence-electron chi connectivity index (χ3n) is 8.99. The topological polar surface area (TPSA) is 64.5 Å². The fourth-order valence-corrected chi connectivity index (χ4v) is 6.43. The van der Waals surface area contributed by atoms with E-state index >= 15 is 0 Å². The molecule has 9 rings (SSSR count). The van der Waals surface area contributed by atoms with Crippen LogP contribution in [0.4, 0.5) is 0 Å². The Morgan fingerprint density at radius 1 is 0.300 bits per heavy atom. The Bertz CT molecular complexity index is 2620. The quantitative estimate of drug-likeness (QED) is 0.169. The van der Waals surface area contributed by atoms with Gasteiger partial charge in [-0.2, -0.15) is 0 Å². The number of rotatable bonds is 6. The molecule has 5 heteroatoms. The summed E-state index contributed by atoms with van der Waals surface area (Å²) in [6, 6.07) is 57.9. The lowest BCUT2D eigenvalue weighted by Gasteiger charge is -2.11. The second kappa shape index (κ2) is 12.6. The zero-order chi connectivity index (χ0) is 33.3. The van der Waals surface area contributed by atoms with Gasteiger partial charge in [0.05, 0.1) is 16.9 Å². The Hall–Kier alpha value is -6.85. The zero-order valence-corrected chi connectivity index (χ0v) is 27.0. The summed E-state index contributed by atoms with van der Waals surface area (Å²) in [5.74, 6) is 1.86. The predicted molar refractivity (Wildman–Crippen MR) is 203 cm³/mol. The van der Waals surface area contributed by atoms with Gasteiger partial charge >= 0.3 is 0 Å². The predicted octanol–water partition coefficient (Wildman–Crippen LogP) is 11.0. The number of hydrogen-bond acceptors (Lipinski definition) is 5. The summed E-state index contributed by atoms with van der Waals surface area (Å²) in [7, 11) is 0. The zero-order valence-electron chi connectivity index (χ0n) is 27.0. The Kier molecular flexibility index (Phi) is 7.41. The highest BCUT2D eigenvalue weighted by molar-refractivity contribution is 6.10. The fraction of sp³-hybridized carbons (Fsp3) is 0. The molecule has 3 heterocycles. The normalized spacial score (nSPS) is 11.2. The maximum Gasteiger partial charge on any atom is 0.164 e. The monoisotopic (exact) mass is 639 g/mol. The van der Waals surface area contributed by atoms with Gasteiger partial charge < -0.3 is 0 Å². The van der Waals surface area contributed by atoms with E-state index in [0.717, 1.165) is 61.1 Å². The van der Waals surface area contributed by atoms with Crippen LogP contribution >= 0.6 is 0 Å². The molecule has 0 saturated heterocycles. The summed E-state index contributed by atoms with van der Waals surface area (Å²) < 4.78 is 0. The largest absolute Gasteiger partial charge is 0.254 e. The van der Waals surface area contributed by atoms with Crippen LogP contribution in [-0.4, -0.2) is 24.9 Å². The van der Waals surface area contributed by atoms with Gasteiger partial charge in [-0.05, 0) is 40.3 Å². The molecule has 0 aliphatic rings. The molecule has 0 radical (unpaired) electrons. The highest BCUT2D eigenvalue weighted by atomic mass is 15.0. The Morgan fingerprint density at radius 2 is 0.800 bits per heavy atom. The molecule has 9 aromatic rings. The van der Waals surface area contributed by atoms with Gasteiger partial charge in [-0.25, -0.2) is 19.9 Å². The standard InChI is InChI=1S/C45H29N5/c1-3-12-30(13-4-1)31-22-24-33(25-23-31)44-48-43(32-14-5-2-6-15-32)49-45(50-44)35-17-11-16-34(28-35)36-26-27-41(46-29-36)42-39-20-8-7-18-37(39)38-19-9-10-21-40(38)47-42/h1-29H. The smallest absolute Gasteiger partial charge is 0.164 e. The van der Waals surface area contributed by atoms with E-state index in [9.17, 15) is 0 Å². The van der Waals surface area contributed by atoms with Crippen molar-refractivity contribution in [3.63, 3.8) is 0 Å². The van der Waals surface area contributed by atoms with Crippen molar-refractivity contribution in [1.29, 1.82) is 0 Å². The van der Waals surface area contributed by atoms with E-state index in [1.807, 2.05) is 60.8 Å². The van der Waals surface area contributed by atoms with Gasteiger partial charge in [0.2, 0.25) is 0 Å². The number of benzene rings is 6. The molecule has 0 bridgehead atoms. The lowest BCUT2D eigenvalue weighted by atomic mass is 10.0. The van der Waals surface area contributed by atoms with Crippen molar-refractivity contribution in [3.05, 3.63) is 176 Å². The third kappa shape index (κ3) is 5.57. The van der Waals surface area contributed by atoms with E-state index in [2.05, 4.69) is 115 Å². The first kappa shape index (κ1) is 29.3. The molecule has 6 aromatic carbocycles. The number of fused-ring (bicyclic) bond motifs is 3. The molecular formula is C45H29N5. The summed E-state index contributed by atoms with van der Waals surface area (Å²) in [4.78, 5) is 24.8. The highest BCUT2D eigenvalue weighted by Gasteiger charge is 2.15. The van der Waals surface area contributed by atoms with Gasteiger partial charge in [-0.15, -0.1) is 0 Å². The minimum Gasteiger partial charge on any atom is -0.254 e. The number of hydrogen-bond donors (Lipinski definition) is 0. The first-order chi connectivity index (χ1) is 24.8. The molecule has 0 aliphatic heterocycles. The third-order valence-corrected chi connectivity index (χ3v) is 8.99. The molecule has 0 amide bonds. The van der Waals surface area contributed by atoms with Crippen LogP contribution in [0, 0.1) is 0 Å². The van der Waals surface area contributed by atoms with Crippen molar-refractivity contribution in [1.82, 2.24) is 24.9 Å². The van der Waals surface area contributed by atoms with Gasteiger partial charge in [0.25, 0.3) is 0 Å². The van der Waals surface area contributed by atoms with Crippen LogP contribution in [0.3, 0.4) is 0 Å². The first-order valence-electron chi connectivity index (χ1n) is 16.6. The summed E-state index contributed by atoms with van der Waals surface area (Å²) in [6.45, 7) is 0. The lowest BCUT2D eigenvalue weighted by molar-refractivity contribution is 1.07. The SMILES string of the molecule is c1ccc(-c2ccc(-c3nc(-c4ccccc4)nc(-c4cccc(-c5ccc(-c6nc7ccccc7c7ccccc67)nc5)c4)n3)cc2)cc1. The molecule has 0 fully saturated rings. The molecule has 3 aromatic heterocycles. The molecular weight excluding hydrogens is 611 g/mol. The maximum absolute atomic E-state index is 5.03. The van der Waals surface area contributed by atoms with Crippen LogP contribution in [0.5, 0.6) is 0 Å². The van der Waals surface area contributed by atoms with Crippen molar-refractivity contribution >= 4 is 21.7 Å². The molecule has 5 nitrogen and oxygen atoms in total. The van der Waals surface area contributed by atoms with Gasteiger partial charge in [-0.3, -0.25) is 4.98 Å². The minimum absolute atomic E-state index is 0.610. The van der Waals surface area contributed by atoms with Crippen molar-refractivity contribution in [2.75, 3.05) is 0 Å². The Balaban J connectivity index is 1.09. The molecule has 0 aliphatic carbocycles. The van der Waals surface area contributed by atoms with Crippen LogP contribution in [-0.2, 0) is 0 Å². The number of nitrogens with zero attached hydrogens (tertiary/aromatic N) is 5. The van der Waals surface area contributed by atoms with E-state index in [0.29, 0.717) is 17.5 Å². The van der Waals surface area contributed by atoms with Crippen LogP contribution in [0.2, 0.25) is 0 Å². The molecule has 0 unspecified atom stereocenters. The average Bonchev–Trinajstić information content (AvgIpc) is 3.21. The second-order valence-electron chi connectivity index (χ2n) is 12.2. The van der Waals surface area contributed by atoms with Crippen LogP contribution in [0.1, 0.15) is 0 Å². The molecule has 0 atom stereocenters. The molecule has 0 spiro atoms. The summed E-state index contributed by atoms with van der Waals surface area (Å²) in [5, 5.41) is 3.40. The van der Waals surface area contributed by atoms with E-state index in [4.69, 9.17) is 24.9 Å². The average molecular weight is 640 g/mol. The lowest BCUT2D eigenvalue weighted by Crippen LogP contribution is -2.00. The Morgan fingerprint density at radius 3 is 1.50 bits per heavy atom. The summed E-state index contributed by atoms with van der Waals surface area (Å²) >= 11 is 0. The van der Waals surface area contributed by atoms with Crippen molar-refractivity contribution < 1.29 is 0 Å². The number of aromatic nitrogens is 5. The van der Waals surface area contributed by atoms with Crippen LogP contribution in [0.25, 0.3) is 89.5 Å². The molecule has 50 heavy (non-hydrogen) atoms. The van der Waals surface area contributed by atoms with Crippen molar-refractivity contribution in [2.24, 2.45) is 0 Å². The van der Waals surface area contributed by atoms with Crippen LogP contribution in [0.15, 0.2) is 176 Å². The minimum atomic E-state index is 0.610. The fourth-order valence-electron chi connectivity index (χ4n) is 6.43. The first-order valence-corrected chi connectivity index (χ1v) is 16.6. The second-order valence-corrected chi connectivity index (χ2v) is 12.2. The number of para-hydroxylation sites is 1. The maximum atomic E-state index is 5.03. The van der Waals surface area contributed by atoms with Crippen molar-refractivity contribution in [3.8, 4) is 67.8 Å². The van der Waals surface area contributed by atoms with Gasteiger partial charge in [0.1, 0.15) is 0 Å². The van der Waals surface area contributed by atoms with E-state index in [1.165, 1.54) is 10.9 Å². The molecule has 234 valence electrons. The van der Waals surface area contributed by atoms with E-state index < -0.39 is 0 Å². The summed E-state index contributed by atoms with van der Waals surface area (Å²) in [6.07, 6.45) is 1.92. The Labute approximate surface area is 289 Å². The molecule has 0 N–H and O–H groups in total. The van der Waals surface area contributed by atoms with Gasteiger partial charge in [0.15, 0.2) is 17.5 Å². The van der Waals surface area contributed by atoms with Crippen LogP contribution < -0.4 is 0 Å².